The van der Waals surface area contributed by atoms with Crippen LogP contribution in [0, 0.1) is 6.92 Å². The Kier molecular flexibility index (Phi) is 5.98. The quantitative estimate of drug-likeness (QED) is 0.327. The van der Waals surface area contributed by atoms with Crippen LogP contribution < -0.4 is 10.3 Å². The molecule has 8 nitrogen and oxygen atoms in total. The van der Waals surface area contributed by atoms with E-state index in [0.717, 1.165) is 28.8 Å². The molecule has 0 saturated heterocycles. The van der Waals surface area contributed by atoms with Gasteiger partial charge in [-0.2, -0.15) is 0 Å². The van der Waals surface area contributed by atoms with Crippen LogP contribution in [0.3, 0.4) is 0 Å². The number of ether oxygens (including phenoxy) is 2. The first-order valence-corrected chi connectivity index (χ1v) is 11.5. The molecule has 3 heterocycles. The fourth-order valence-corrected chi connectivity index (χ4v) is 4.38. The number of rotatable bonds is 8. The lowest BCUT2D eigenvalue weighted by Crippen LogP contribution is -2.25. The minimum Gasteiger partial charge on any atom is -0.496 e. The summed E-state index contributed by atoms with van der Waals surface area (Å²) in [4.78, 5) is 28.4. The SMILES string of the molecule is CCOCCCn1c(C)nc2c(c1=O)c1nc3ccccc3nc1n2Cc1ccccc1OC. The Morgan fingerprint density at radius 3 is 2.41 bits per heavy atom. The van der Waals surface area contributed by atoms with Crippen LogP contribution in [0.1, 0.15) is 24.7 Å². The zero-order chi connectivity index (χ0) is 23.7. The fourth-order valence-electron chi connectivity index (χ4n) is 4.38. The van der Waals surface area contributed by atoms with E-state index in [1.54, 1.807) is 11.7 Å². The summed E-state index contributed by atoms with van der Waals surface area (Å²) in [6.07, 6.45) is 0.732. The van der Waals surface area contributed by atoms with Crippen molar-refractivity contribution in [3.05, 3.63) is 70.3 Å². The van der Waals surface area contributed by atoms with Gasteiger partial charge in [0.25, 0.3) is 5.56 Å². The van der Waals surface area contributed by atoms with E-state index in [4.69, 9.17) is 24.4 Å². The number of methoxy groups -OCH3 is 1. The monoisotopic (exact) mass is 457 g/mol. The molecular formula is C26H27N5O3. The van der Waals surface area contributed by atoms with Gasteiger partial charge in [0.2, 0.25) is 0 Å². The molecule has 5 aromatic rings. The molecule has 3 aromatic heterocycles. The predicted molar refractivity (Wildman–Crippen MR) is 133 cm³/mol. The van der Waals surface area contributed by atoms with E-state index < -0.39 is 0 Å². The summed E-state index contributed by atoms with van der Waals surface area (Å²) in [5.74, 6) is 1.43. The van der Waals surface area contributed by atoms with E-state index in [-0.39, 0.29) is 5.56 Å². The molecule has 0 fully saturated rings. The molecule has 0 amide bonds. The first-order chi connectivity index (χ1) is 16.6. The van der Waals surface area contributed by atoms with Gasteiger partial charge < -0.3 is 14.0 Å². The number of hydrogen-bond donors (Lipinski definition) is 0. The Morgan fingerprint density at radius 1 is 0.912 bits per heavy atom. The molecule has 2 aromatic carbocycles. The third-order valence-electron chi connectivity index (χ3n) is 6.04. The van der Waals surface area contributed by atoms with Crippen molar-refractivity contribution in [3.63, 3.8) is 0 Å². The predicted octanol–water partition coefficient (Wildman–Crippen LogP) is 4.09. The number of para-hydroxylation sites is 3. The molecule has 5 rings (SSSR count). The molecule has 0 bridgehead atoms. The topological polar surface area (TPSA) is 84.1 Å². The number of hydrogen-bond acceptors (Lipinski definition) is 6. The number of fused-ring (bicyclic) bond motifs is 4. The van der Waals surface area contributed by atoms with Crippen molar-refractivity contribution >= 4 is 33.2 Å². The molecule has 0 aliphatic rings. The van der Waals surface area contributed by atoms with Gasteiger partial charge in [-0.25, -0.2) is 15.0 Å². The highest BCUT2D eigenvalue weighted by molar-refractivity contribution is 6.04. The van der Waals surface area contributed by atoms with Crippen LogP contribution in [0.25, 0.3) is 33.2 Å². The maximum Gasteiger partial charge on any atom is 0.265 e. The molecule has 0 atom stereocenters. The van der Waals surface area contributed by atoms with Crippen LogP contribution in [0.15, 0.2) is 53.3 Å². The third kappa shape index (κ3) is 3.80. The van der Waals surface area contributed by atoms with Crippen molar-refractivity contribution in [2.24, 2.45) is 0 Å². The second kappa shape index (κ2) is 9.23. The Bertz CT molecular complexity index is 1550. The van der Waals surface area contributed by atoms with Crippen molar-refractivity contribution < 1.29 is 9.47 Å². The molecule has 0 aliphatic carbocycles. The van der Waals surface area contributed by atoms with Gasteiger partial charge in [-0.05, 0) is 38.5 Å². The highest BCUT2D eigenvalue weighted by atomic mass is 16.5. The van der Waals surface area contributed by atoms with Crippen molar-refractivity contribution in [2.75, 3.05) is 20.3 Å². The summed E-state index contributed by atoms with van der Waals surface area (Å²) in [7, 11) is 1.65. The summed E-state index contributed by atoms with van der Waals surface area (Å²) >= 11 is 0. The maximum absolute atomic E-state index is 13.7. The molecule has 0 radical (unpaired) electrons. The van der Waals surface area contributed by atoms with Gasteiger partial charge in [-0.15, -0.1) is 0 Å². The number of aryl methyl sites for hydroxylation is 1. The van der Waals surface area contributed by atoms with E-state index >= 15 is 0 Å². The smallest absolute Gasteiger partial charge is 0.265 e. The molecule has 0 spiro atoms. The van der Waals surface area contributed by atoms with Crippen molar-refractivity contribution in [3.8, 4) is 5.75 Å². The molecule has 0 saturated carbocycles. The Labute approximate surface area is 196 Å². The van der Waals surface area contributed by atoms with Crippen molar-refractivity contribution in [2.45, 2.75) is 33.4 Å². The zero-order valence-electron chi connectivity index (χ0n) is 19.6. The Hall–Kier alpha value is -3.78. The minimum atomic E-state index is -0.104. The number of nitrogens with zero attached hydrogens (tertiary/aromatic N) is 5. The van der Waals surface area contributed by atoms with Crippen LogP contribution >= 0.6 is 0 Å². The van der Waals surface area contributed by atoms with Crippen LogP contribution in [0.5, 0.6) is 5.75 Å². The molecule has 34 heavy (non-hydrogen) atoms. The average Bonchev–Trinajstić information content (AvgIpc) is 3.14. The lowest BCUT2D eigenvalue weighted by molar-refractivity contribution is 0.141. The van der Waals surface area contributed by atoms with Crippen molar-refractivity contribution in [1.29, 1.82) is 0 Å². The first-order valence-electron chi connectivity index (χ1n) is 11.5. The van der Waals surface area contributed by atoms with E-state index in [1.165, 1.54) is 0 Å². The standard InChI is InChI=1S/C26H27N5O3/c1-4-34-15-9-14-30-17(2)27-24-22(26(30)32)23-25(29-20-12-7-6-11-19(20)28-23)31(24)16-18-10-5-8-13-21(18)33-3/h5-8,10-13H,4,9,14-16H2,1-3H3. The Morgan fingerprint density at radius 2 is 1.65 bits per heavy atom. The second-order valence-corrected chi connectivity index (χ2v) is 8.15. The first kappa shape index (κ1) is 22.0. The lowest BCUT2D eigenvalue weighted by atomic mass is 10.2. The van der Waals surface area contributed by atoms with Gasteiger partial charge in [0.1, 0.15) is 22.5 Å². The van der Waals surface area contributed by atoms with Crippen LogP contribution in [-0.2, 0) is 17.8 Å². The summed E-state index contributed by atoms with van der Waals surface area (Å²) in [5, 5.41) is 0.491. The number of benzene rings is 2. The molecule has 0 aliphatic heterocycles. The second-order valence-electron chi connectivity index (χ2n) is 8.15. The maximum atomic E-state index is 13.7. The van der Waals surface area contributed by atoms with E-state index in [2.05, 4.69) is 0 Å². The average molecular weight is 458 g/mol. The van der Waals surface area contributed by atoms with E-state index in [0.29, 0.717) is 54.3 Å². The number of aromatic nitrogens is 5. The zero-order valence-corrected chi connectivity index (χ0v) is 19.6. The highest BCUT2D eigenvalue weighted by Crippen LogP contribution is 2.28. The van der Waals surface area contributed by atoms with Gasteiger partial charge in [0.05, 0.1) is 24.7 Å². The molecule has 0 unspecified atom stereocenters. The molecule has 8 heteroatoms. The summed E-state index contributed by atoms with van der Waals surface area (Å²) < 4.78 is 14.7. The van der Waals surface area contributed by atoms with Gasteiger partial charge in [-0.3, -0.25) is 9.36 Å². The van der Waals surface area contributed by atoms with E-state index in [9.17, 15) is 4.79 Å². The van der Waals surface area contributed by atoms with Crippen LogP contribution in [0.2, 0.25) is 0 Å². The van der Waals surface area contributed by atoms with Gasteiger partial charge in [0.15, 0.2) is 11.3 Å². The fraction of sp³-hybridized carbons (Fsp3) is 0.308. The van der Waals surface area contributed by atoms with Crippen LogP contribution in [0.4, 0.5) is 0 Å². The molecule has 0 N–H and O–H groups in total. The van der Waals surface area contributed by atoms with E-state index in [1.807, 2.05) is 66.9 Å². The minimum absolute atomic E-state index is 0.104. The lowest BCUT2D eigenvalue weighted by Gasteiger charge is -2.12. The normalized spacial score (nSPS) is 11.6. The van der Waals surface area contributed by atoms with Gasteiger partial charge in [-0.1, -0.05) is 30.3 Å². The van der Waals surface area contributed by atoms with Gasteiger partial charge >= 0.3 is 0 Å². The largest absolute Gasteiger partial charge is 0.496 e. The molecular weight excluding hydrogens is 430 g/mol. The van der Waals surface area contributed by atoms with Gasteiger partial charge in [0, 0.05) is 25.3 Å². The van der Waals surface area contributed by atoms with Crippen molar-refractivity contribution in [1.82, 2.24) is 24.1 Å². The highest BCUT2D eigenvalue weighted by Gasteiger charge is 2.22. The molecule has 174 valence electrons. The third-order valence-corrected chi connectivity index (χ3v) is 6.04. The summed E-state index contributed by atoms with van der Waals surface area (Å²) in [5.41, 5.74) is 4.17. The van der Waals surface area contributed by atoms with Crippen LogP contribution in [-0.4, -0.2) is 44.4 Å². The summed E-state index contributed by atoms with van der Waals surface area (Å²) in [6.45, 7) is 6.07. The summed E-state index contributed by atoms with van der Waals surface area (Å²) in [6, 6.07) is 15.5. The Balaban J connectivity index is 1.77.